The lowest BCUT2D eigenvalue weighted by Gasteiger charge is -2.09. The van der Waals surface area contributed by atoms with Crippen molar-refractivity contribution in [3.8, 4) is 23.0 Å². The Kier molecular flexibility index (Phi) is 3.27. The van der Waals surface area contributed by atoms with Gasteiger partial charge in [0.2, 0.25) is 6.79 Å². The highest BCUT2D eigenvalue weighted by atomic mass is 16.7. The van der Waals surface area contributed by atoms with Crippen molar-refractivity contribution in [3.63, 3.8) is 0 Å². The van der Waals surface area contributed by atoms with Gasteiger partial charge in [-0.05, 0) is 42.8 Å². The summed E-state index contributed by atoms with van der Waals surface area (Å²) < 4.78 is 16.3. The van der Waals surface area contributed by atoms with Gasteiger partial charge in [0.25, 0.3) is 0 Å². The number of ether oxygens (including phenoxy) is 3. The van der Waals surface area contributed by atoms with E-state index in [1.54, 1.807) is 30.3 Å². The van der Waals surface area contributed by atoms with Gasteiger partial charge in [-0.25, -0.2) is 0 Å². The molecule has 21 heavy (non-hydrogen) atoms. The molecule has 0 aromatic heterocycles. The summed E-state index contributed by atoms with van der Waals surface area (Å²) in [6, 6.07) is 10.7. The predicted octanol–water partition coefficient (Wildman–Crippen LogP) is 2.61. The monoisotopic (exact) mass is 286 g/mol. The number of nitrogens with zero attached hydrogens (tertiary/aromatic N) is 1. The minimum absolute atomic E-state index is 0.0714. The standard InChI is InChI=1S/C15H14N2O4/c1-9-6-10(2-4-12(9)15(16)17-18)21-11-3-5-13-14(7-11)20-8-19-13/h2-7,18H,8H2,1H3,(H2,16,17). The van der Waals surface area contributed by atoms with Crippen molar-refractivity contribution < 1.29 is 19.4 Å². The molecule has 0 saturated carbocycles. The minimum Gasteiger partial charge on any atom is -0.457 e. The van der Waals surface area contributed by atoms with Gasteiger partial charge in [-0.1, -0.05) is 5.16 Å². The molecule has 6 heteroatoms. The molecule has 0 atom stereocenters. The quantitative estimate of drug-likeness (QED) is 0.392. The summed E-state index contributed by atoms with van der Waals surface area (Å²) in [5, 5.41) is 11.7. The fourth-order valence-corrected chi connectivity index (χ4v) is 2.12. The van der Waals surface area contributed by atoms with Gasteiger partial charge in [-0.2, -0.15) is 0 Å². The normalized spacial score (nSPS) is 13.3. The van der Waals surface area contributed by atoms with E-state index in [-0.39, 0.29) is 12.6 Å². The Bertz CT molecular complexity index is 713. The molecule has 108 valence electrons. The average Bonchev–Trinajstić information content (AvgIpc) is 2.94. The highest BCUT2D eigenvalue weighted by molar-refractivity contribution is 5.98. The van der Waals surface area contributed by atoms with Crippen molar-refractivity contribution in [2.45, 2.75) is 6.92 Å². The molecule has 3 N–H and O–H groups in total. The van der Waals surface area contributed by atoms with E-state index in [1.165, 1.54) is 0 Å². The highest BCUT2D eigenvalue weighted by Crippen LogP contribution is 2.36. The first-order chi connectivity index (χ1) is 10.2. The van der Waals surface area contributed by atoms with Crippen LogP contribution in [0.3, 0.4) is 0 Å². The zero-order valence-corrected chi connectivity index (χ0v) is 11.4. The Morgan fingerprint density at radius 3 is 2.62 bits per heavy atom. The number of nitrogens with two attached hydrogens (primary N) is 1. The van der Waals surface area contributed by atoms with Crippen LogP contribution in [0.15, 0.2) is 41.6 Å². The van der Waals surface area contributed by atoms with Gasteiger partial charge in [0.05, 0.1) is 0 Å². The topological polar surface area (TPSA) is 86.3 Å². The SMILES string of the molecule is Cc1cc(Oc2ccc3c(c2)OCO3)ccc1/C(N)=N/O. The van der Waals surface area contributed by atoms with E-state index >= 15 is 0 Å². The molecule has 1 aliphatic heterocycles. The van der Waals surface area contributed by atoms with Crippen molar-refractivity contribution in [2.75, 3.05) is 6.79 Å². The number of amidine groups is 1. The lowest BCUT2D eigenvalue weighted by Crippen LogP contribution is -2.14. The summed E-state index contributed by atoms with van der Waals surface area (Å²) in [6.07, 6.45) is 0. The largest absolute Gasteiger partial charge is 0.457 e. The number of fused-ring (bicyclic) bond motifs is 1. The third kappa shape index (κ3) is 2.55. The number of benzene rings is 2. The maximum atomic E-state index is 8.71. The fourth-order valence-electron chi connectivity index (χ4n) is 2.12. The molecule has 1 aliphatic rings. The van der Waals surface area contributed by atoms with Gasteiger partial charge < -0.3 is 25.2 Å². The van der Waals surface area contributed by atoms with Gasteiger partial charge in [0.1, 0.15) is 11.5 Å². The molecule has 0 fully saturated rings. The van der Waals surface area contributed by atoms with E-state index in [2.05, 4.69) is 5.16 Å². The first kappa shape index (κ1) is 13.1. The van der Waals surface area contributed by atoms with E-state index in [4.69, 9.17) is 25.2 Å². The van der Waals surface area contributed by atoms with Crippen LogP contribution >= 0.6 is 0 Å². The van der Waals surface area contributed by atoms with Crippen LogP contribution in [0.4, 0.5) is 0 Å². The second kappa shape index (κ2) is 5.24. The van der Waals surface area contributed by atoms with Crippen LogP contribution in [0.25, 0.3) is 0 Å². The molecule has 0 amide bonds. The molecular weight excluding hydrogens is 272 g/mol. The van der Waals surface area contributed by atoms with Gasteiger partial charge in [-0.15, -0.1) is 0 Å². The second-order valence-corrected chi connectivity index (χ2v) is 4.58. The zero-order valence-electron chi connectivity index (χ0n) is 11.4. The van der Waals surface area contributed by atoms with E-state index in [0.29, 0.717) is 28.6 Å². The number of hydrogen-bond donors (Lipinski definition) is 2. The van der Waals surface area contributed by atoms with Crippen molar-refractivity contribution >= 4 is 5.84 Å². The summed E-state index contributed by atoms with van der Waals surface area (Å²) in [6.45, 7) is 2.09. The summed E-state index contributed by atoms with van der Waals surface area (Å²) in [7, 11) is 0. The smallest absolute Gasteiger partial charge is 0.231 e. The summed E-state index contributed by atoms with van der Waals surface area (Å²) in [5.41, 5.74) is 7.10. The molecule has 0 aliphatic carbocycles. The molecule has 2 aromatic carbocycles. The minimum atomic E-state index is 0.0714. The molecule has 6 nitrogen and oxygen atoms in total. The van der Waals surface area contributed by atoms with E-state index in [0.717, 1.165) is 5.56 Å². The highest BCUT2D eigenvalue weighted by Gasteiger charge is 2.14. The number of aryl methyl sites for hydroxylation is 1. The first-order valence-electron chi connectivity index (χ1n) is 6.33. The van der Waals surface area contributed by atoms with Gasteiger partial charge in [0.15, 0.2) is 17.3 Å². The maximum Gasteiger partial charge on any atom is 0.231 e. The average molecular weight is 286 g/mol. The third-order valence-electron chi connectivity index (χ3n) is 3.16. The van der Waals surface area contributed by atoms with Gasteiger partial charge >= 0.3 is 0 Å². The van der Waals surface area contributed by atoms with Crippen molar-refractivity contribution in [1.29, 1.82) is 0 Å². The maximum absolute atomic E-state index is 8.71. The molecule has 0 bridgehead atoms. The Balaban J connectivity index is 1.84. The lowest BCUT2D eigenvalue weighted by atomic mass is 10.1. The number of rotatable bonds is 3. The molecule has 0 saturated heterocycles. The van der Waals surface area contributed by atoms with E-state index in [9.17, 15) is 0 Å². The summed E-state index contributed by atoms with van der Waals surface area (Å²) in [5.74, 6) is 2.75. The number of oxime groups is 1. The second-order valence-electron chi connectivity index (χ2n) is 4.58. The predicted molar refractivity (Wildman–Crippen MR) is 76.3 cm³/mol. The third-order valence-corrected chi connectivity index (χ3v) is 3.16. The van der Waals surface area contributed by atoms with Crippen molar-refractivity contribution in [1.82, 2.24) is 0 Å². The van der Waals surface area contributed by atoms with Crippen LogP contribution in [0.5, 0.6) is 23.0 Å². The van der Waals surface area contributed by atoms with Crippen LogP contribution in [0.1, 0.15) is 11.1 Å². The molecule has 1 heterocycles. The van der Waals surface area contributed by atoms with Crippen LogP contribution in [0.2, 0.25) is 0 Å². The Morgan fingerprint density at radius 1 is 1.14 bits per heavy atom. The van der Waals surface area contributed by atoms with Crippen molar-refractivity contribution in [2.24, 2.45) is 10.9 Å². The van der Waals surface area contributed by atoms with E-state index < -0.39 is 0 Å². The Labute approximate surface area is 121 Å². The molecular formula is C15H14N2O4. The zero-order chi connectivity index (χ0) is 14.8. The Hall–Kier alpha value is -2.89. The van der Waals surface area contributed by atoms with Gasteiger partial charge in [-0.3, -0.25) is 0 Å². The number of hydrogen-bond acceptors (Lipinski definition) is 5. The fraction of sp³-hybridized carbons (Fsp3) is 0.133. The molecule has 0 radical (unpaired) electrons. The Morgan fingerprint density at radius 2 is 1.86 bits per heavy atom. The van der Waals surface area contributed by atoms with Crippen molar-refractivity contribution in [3.05, 3.63) is 47.5 Å². The van der Waals surface area contributed by atoms with Crippen LogP contribution in [0, 0.1) is 6.92 Å². The van der Waals surface area contributed by atoms with E-state index in [1.807, 2.05) is 13.0 Å². The first-order valence-corrected chi connectivity index (χ1v) is 6.33. The molecule has 0 spiro atoms. The van der Waals surface area contributed by atoms with Gasteiger partial charge in [0, 0.05) is 11.6 Å². The van der Waals surface area contributed by atoms with Crippen LogP contribution in [-0.2, 0) is 0 Å². The van der Waals surface area contributed by atoms with Crippen LogP contribution in [-0.4, -0.2) is 17.8 Å². The molecule has 3 rings (SSSR count). The molecule has 0 unspecified atom stereocenters. The summed E-state index contributed by atoms with van der Waals surface area (Å²) >= 11 is 0. The lowest BCUT2D eigenvalue weighted by molar-refractivity contribution is 0.174. The molecule has 2 aromatic rings. The summed E-state index contributed by atoms with van der Waals surface area (Å²) in [4.78, 5) is 0. The van der Waals surface area contributed by atoms with Crippen LogP contribution < -0.4 is 19.9 Å².